The fraction of sp³-hybridized carbons (Fsp3) is 0.388. The van der Waals surface area contributed by atoms with Gasteiger partial charge in [-0.2, -0.15) is 19.9 Å². The summed E-state index contributed by atoms with van der Waals surface area (Å²) in [7, 11) is -17.5. The number of nitrogens with zero attached hydrogens (tertiary/aromatic N) is 13. The van der Waals surface area contributed by atoms with E-state index < -0.39 is 86.3 Å². The standard InChI is InChI=1S/C20H24N7O5P.C20H27N6O7PS.2C20H27N6O5P/c1-13(14(2)28)26-33(30,32-10-15-4-6-16(22-3)7-5-15)12-31-9-8-27-11-23-17-18(27)24-20(21)25-19(17)29;1-13(14(2)27)25-34(29,33-10-15-4-6-16(7-5-15)35(3,30)31)12-32-9-8-26-11-22-17-18(26)23-20(21)24-19(17)28;2*1-13-4-6-16(7-5-13)10-31-32(29,25-14(2)15(3)27)12-30-9-8-26-11-22-17-18(26)23-20(21)24-19(17)28/h4-7,11,13H,8-10,12H2,1-2H3,(H,26,30)(H3,21,24,25,29);4-7,11,13H,8-10,12H2,1-3H3,(H,25,29)(H3,21,23,24,28);2*4-7,11,14H,8-10,12H2,1-3H3,(H,25,29)(H3,21,23,24,28)/t13-,33?;13-,34?;2*14-,32?/m1111/s1. The first-order chi connectivity index (χ1) is 62.4. The number of sulfone groups is 1. The van der Waals surface area contributed by atoms with Crippen LogP contribution in [0.5, 0.6) is 0 Å². The van der Waals surface area contributed by atoms with E-state index in [1.807, 2.05) is 62.4 Å². The van der Waals surface area contributed by atoms with Gasteiger partial charge in [-0.3, -0.25) is 76.6 Å². The second-order valence-corrected chi connectivity index (χ2v) is 40.7. The molecule has 0 aliphatic rings. The molecule has 8 atom stereocenters. The Morgan fingerprint density at radius 1 is 0.402 bits per heavy atom. The zero-order chi connectivity index (χ0) is 96.4. The Labute approximate surface area is 755 Å². The van der Waals surface area contributed by atoms with E-state index in [0.29, 0.717) is 41.3 Å². The second kappa shape index (κ2) is 47.4. The average Bonchev–Trinajstić information content (AvgIpc) is 1.67. The Bertz CT molecular complexity index is 6470. The zero-order valence-corrected chi connectivity index (χ0v) is 78.4. The fourth-order valence-corrected chi connectivity index (χ4v) is 19.0. The van der Waals surface area contributed by atoms with Crippen molar-refractivity contribution in [1.29, 1.82) is 0 Å². The number of aryl methyl sites for hydroxylation is 2. The number of hydrogen-bond acceptors (Lipinski definition) is 34. The number of H-pyrrole nitrogens is 4. The van der Waals surface area contributed by atoms with Crippen molar-refractivity contribution >= 4 is 137 Å². The van der Waals surface area contributed by atoms with Crippen LogP contribution in [-0.2, 0) is 137 Å². The van der Waals surface area contributed by atoms with Crippen LogP contribution in [0.3, 0.4) is 0 Å². The number of ketones is 4. The number of imidazole rings is 4. The molecule has 12 rings (SSSR count). The smallest absolute Gasteiger partial charge is 0.295 e. The van der Waals surface area contributed by atoms with Crippen molar-refractivity contribution in [3.05, 3.63) is 209 Å². The number of carbonyl (C=O) groups is 4. The van der Waals surface area contributed by atoms with Gasteiger partial charge < -0.3 is 78.2 Å². The van der Waals surface area contributed by atoms with E-state index in [1.54, 1.807) is 82.4 Å². The van der Waals surface area contributed by atoms with Crippen LogP contribution in [0.1, 0.15) is 88.8 Å². The lowest BCUT2D eigenvalue weighted by molar-refractivity contribution is -0.119. The summed E-state index contributed by atoms with van der Waals surface area (Å²) >= 11 is 0. The molecule has 0 saturated heterocycles. The van der Waals surface area contributed by atoms with E-state index in [9.17, 15) is 65.0 Å². The largest absolute Gasteiger partial charge is 0.369 e. The van der Waals surface area contributed by atoms with Gasteiger partial charge in [0.05, 0.1) is 114 Å². The van der Waals surface area contributed by atoms with E-state index in [4.69, 9.17) is 66.5 Å². The molecule has 12 aromatic rings. The average molecular weight is 1920 g/mol. The summed E-state index contributed by atoms with van der Waals surface area (Å²) in [6.07, 6.45) is 5.78. The van der Waals surface area contributed by atoms with E-state index in [1.165, 1.54) is 65.1 Å². The first kappa shape index (κ1) is 104. The molecule has 8 heterocycles. The lowest BCUT2D eigenvalue weighted by Crippen LogP contribution is -2.32. The summed E-state index contributed by atoms with van der Waals surface area (Å²) in [4.78, 5) is 140. The third-order valence-corrected chi connectivity index (χ3v) is 27.9. The van der Waals surface area contributed by atoms with Crippen LogP contribution >= 0.6 is 30.1 Å². The molecule has 4 unspecified atom stereocenters. The summed E-state index contributed by atoms with van der Waals surface area (Å²) in [6, 6.07) is 25.2. The molecule has 16 N–H and O–H groups in total. The summed E-state index contributed by atoms with van der Waals surface area (Å²) in [5, 5.41) is 11.0. The molecule has 0 fully saturated rings. The van der Waals surface area contributed by atoms with Gasteiger partial charge in [0.1, 0.15) is 48.5 Å². The second-order valence-electron chi connectivity index (χ2n) is 30.2. The third-order valence-electron chi connectivity index (χ3n) is 19.3. The molecule has 132 heavy (non-hydrogen) atoms. The number of Topliss-reactive ketones (excluding diaryl/α,β-unsaturated/α-hetero) is 4. The highest BCUT2D eigenvalue weighted by atomic mass is 32.2. The first-order valence-corrected chi connectivity index (χ1v) is 49.6. The van der Waals surface area contributed by atoms with Crippen LogP contribution in [0.15, 0.2) is 146 Å². The molecule has 52 heteroatoms. The van der Waals surface area contributed by atoms with Gasteiger partial charge in [-0.15, -0.1) is 0 Å². The minimum Gasteiger partial charge on any atom is -0.369 e. The Balaban J connectivity index is 0.000000198. The maximum Gasteiger partial charge on any atom is 0.295 e. The Hall–Kier alpha value is -12.0. The minimum absolute atomic E-state index is 0.00861. The molecule has 0 bridgehead atoms. The summed E-state index contributed by atoms with van der Waals surface area (Å²) in [5.41, 5.74) is 28.2. The van der Waals surface area contributed by atoms with Crippen LogP contribution in [0.2, 0.25) is 0 Å². The molecule has 47 nitrogen and oxygen atoms in total. The number of aromatic amines is 4. The zero-order valence-electron chi connectivity index (χ0n) is 74.0. The van der Waals surface area contributed by atoms with Gasteiger partial charge in [0, 0.05) is 32.4 Å². The Morgan fingerprint density at radius 3 is 0.833 bits per heavy atom. The Morgan fingerprint density at radius 2 is 0.621 bits per heavy atom. The van der Waals surface area contributed by atoms with Crippen molar-refractivity contribution < 1.29 is 82.9 Å². The number of fused-ring (bicyclic) bond motifs is 4. The van der Waals surface area contributed by atoms with Crippen LogP contribution in [-0.4, -0.2) is 192 Å². The maximum absolute atomic E-state index is 13.4. The van der Waals surface area contributed by atoms with Crippen LogP contribution in [0.25, 0.3) is 49.5 Å². The van der Waals surface area contributed by atoms with Crippen molar-refractivity contribution in [1.82, 2.24) is 98.4 Å². The van der Waals surface area contributed by atoms with Crippen LogP contribution < -0.4 is 65.5 Å². The number of hydrogen-bond donors (Lipinski definition) is 12. The van der Waals surface area contributed by atoms with Gasteiger partial charge in [0.25, 0.3) is 52.3 Å². The number of benzene rings is 4. The van der Waals surface area contributed by atoms with Gasteiger partial charge in [0.2, 0.25) is 23.8 Å². The van der Waals surface area contributed by atoms with E-state index in [0.717, 1.165) is 34.1 Å². The van der Waals surface area contributed by atoms with Crippen molar-refractivity contribution in [2.45, 2.75) is 151 Å². The Kier molecular flexibility index (Phi) is 37.3. The molecule has 0 aliphatic carbocycles. The first-order valence-electron chi connectivity index (χ1n) is 40.5. The highest BCUT2D eigenvalue weighted by Crippen LogP contribution is 2.47. The molecule has 4 aromatic carbocycles. The predicted octanol–water partition coefficient (Wildman–Crippen LogP) is 7.18. The van der Waals surface area contributed by atoms with Crippen molar-refractivity contribution in [3.63, 3.8) is 0 Å². The van der Waals surface area contributed by atoms with Gasteiger partial charge in [-0.25, -0.2) is 53.5 Å². The number of ether oxygens (including phenoxy) is 4. The molecule has 0 radical (unpaired) electrons. The topological polar surface area (TPSA) is 655 Å². The van der Waals surface area contributed by atoms with Crippen molar-refractivity contribution in [2.75, 3.05) is 81.0 Å². The van der Waals surface area contributed by atoms with Crippen LogP contribution in [0, 0.1) is 20.4 Å². The van der Waals surface area contributed by atoms with Gasteiger partial charge >= 0.3 is 0 Å². The lowest BCUT2D eigenvalue weighted by atomic mass is 10.2. The number of carbonyl (C=O) groups excluding carboxylic acids is 4. The lowest BCUT2D eigenvalue weighted by Gasteiger charge is -2.22. The summed E-state index contributed by atoms with van der Waals surface area (Å²) < 4.78 is 128. The van der Waals surface area contributed by atoms with E-state index >= 15 is 0 Å². The van der Waals surface area contributed by atoms with Crippen LogP contribution in [0.4, 0.5) is 29.5 Å². The SMILES string of the molecule is CC(=O)[C@@H](C)NP(=O)(COCCn1cnc2c(=O)[nH]c(N)nc21)OCc1ccc(C)cc1.CC(=O)[C@@H](C)NP(=O)(COCCn1cnc2c(=O)[nH]c(N)nc21)OCc1ccc(C)cc1.CC(=O)[C@@H](C)NP(=O)(COCCn1cnc2c(=O)[nH]c(N)nc21)OCc1ccc(S(C)(=O)=O)cc1.[C-]#[N+]c1ccc(COP(=O)(COCCn2cnc3c(=O)[nH]c(N)nc32)N[C@H](C)C(C)=O)cc1. The molecular formula is C80H105N25O22P4S. The van der Waals surface area contributed by atoms with Crippen molar-refractivity contribution in [3.8, 4) is 0 Å². The molecule has 708 valence electrons. The molecule has 8 aromatic heterocycles. The minimum atomic E-state index is -3.64. The number of nitrogens with one attached hydrogen (secondary N) is 8. The fourth-order valence-electron chi connectivity index (χ4n) is 11.5. The number of rotatable bonds is 45. The normalized spacial score (nSPS) is 14.3. The van der Waals surface area contributed by atoms with Crippen molar-refractivity contribution in [2.24, 2.45) is 0 Å². The van der Waals surface area contributed by atoms with Gasteiger partial charge in [-0.05, 0) is 104 Å². The highest BCUT2D eigenvalue weighted by molar-refractivity contribution is 7.90. The molecule has 0 amide bonds. The third kappa shape index (κ3) is 31.1. The summed E-state index contributed by atoms with van der Waals surface area (Å²) in [5.74, 6) is -0.854. The quantitative estimate of drug-likeness (QED) is 0.0102. The summed E-state index contributed by atoms with van der Waals surface area (Å²) in [6.45, 7) is 24.6. The predicted molar refractivity (Wildman–Crippen MR) is 491 cm³/mol. The number of anilines is 4. The van der Waals surface area contributed by atoms with E-state index in [2.05, 4.69) is 85.0 Å². The maximum atomic E-state index is 13.4. The van der Waals surface area contributed by atoms with E-state index in [-0.39, 0.29) is 171 Å². The number of aromatic nitrogens is 16. The monoisotopic (exact) mass is 1920 g/mol. The molecule has 0 saturated carbocycles. The number of nitrogen functional groups attached to an aromatic ring is 4. The molecule has 0 aliphatic heterocycles. The van der Waals surface area contributed by atoms with Gasteiger partial charge in [0.15, 0.2) is 60.2 Å². The number of nitrogens with two attached hydrogens (primary N) is 4. The highest BCUT2D eigenvalue weighted by Gasteiger charge is 2.33. The molecular weight excluding hydrogens is 1820 g/mol. The van der Waals surface area contributed by atoms with Gasteiger partial charge in [-0.1, -0.05) is 96.1 Å². The molecule has 0 spiro atoms.